The van der Waals surface area contributed by atoms with E-state index in [0.717, 1.165) is 28.3 Å². The van der Waals surface area contributed by atoms with Gasteiger partial charge in [0.25, 0.3) is 0 Å². The Balaban J connectivity index is 1.84. The van der Waals surface area contributed by atoms with Gasteiger partial charge in [0, 0.05) is 42.0 Å². The number of rotatable bonds is 6. The van der Waals surface area contributed by atoms with Gasteiger partial charge in [-0.05, 0) is 43.7 Å². The number of aryl methyl sites for hydroxylation is 1. The number of nitrogens with zero attached hydrogens (tertiary/aromatic N) is 3. The zero-order valence-corrected chi connectivity index (χ0v) is 13.9. The number of aromatic nitrogens is 3. The van der Waals surface area contributed by atoms with Crippen LogP contribution in [0.5, 0.6) is 0 Å². The zero-order valence-electron chi connectivity index (χ0n) is 13.9. The van der Waals surface area contributed by atoms with E-state index in [9.17, 15) is 0 Å². The van der Waals surface area contributed by atoms with E-state index in [1.165, 1.54) is 0 Å². The summed E-state index contributed by atoms with van der Waals surface area (Å²) >= 11 is 0. The Morgan fingerprint density at radius 2 is 2.00 bits per heavy atom. The zero-order chi connectivity index (χ0) is 16.8. The van der Waals surface area contributed by atoms with Gasteiger partial charge in [0.05, 0.1) is 6.61 Å². The normalized spacial score (nSPS) is 10.6. The molecule has 24 heavy (non-hydrogen) atoms. The number of ether oxygens (including phenoxy) is 1. The van der Waals surface area contributed by atoms with E-state index in [-0.39, 0.29) is 0 Å². The molecule has 2 aromatic heterocycles. The fourth-order valence-electron chi connectivity index (χ4n) is 2.36. The number of hydrogen-bond donors (Lipinski definition) is 1. The number of anilines is 2. The molecule has 5 nitrogen and oxygen atoms in total. The second-order valence-corrected chi connectivity index (χ2v) is 5.42. The quantitative estimate of drug-likeness (QED) is 0.740. The van der Waals surface area contributed by atoms with Crippen LogP contribution < -0.4 is 5.32 Å². The summed E-state index contributed by atoms with van der Waals surface area (Å²) in [6.07, 6.45) is 3.50. The van der Waals surface area contributed by atoms with Crippen LogP contribution in [0.2, 0.25) is 0 Å². The molecule has 0 aliphatic rings. The summed E-state index contributed by atoms with van der Waals surface area (Å²) in [4.78, 5) is 13.2. The molecule has 3 rings (SSSR count). The first-order valence-corrected chi connectivity index (χ1v) is 7.94. The van der Waals surface area contributed by atoms with E-state index in [4.69, 9.17) is 4.74 Å². The van der Waals surface area contributed by atoms with Crippen LogP contribution in [0.25, 0.3) is 11.4 Å². The summed E-state index contributed by atoms with van der Waals surface area (Å²) in [5.74, 6) is 1.42. The maximum Gasteiger partial charge on any atom is 0.163 e. The van der Waals surface area contributed by atoms with Gasteiger partial charge < -0.3 is 10.1 Å². The number of hydrogen-bond acceptors (Lipinski definition) is 5. The lowest BCUT2D eigenvalue weighted by atomic mass is 10.2. The highest BCUT2D eigenvalue weighted by Gasteiger charge is 2.06. The minimum atomic E-state index is 0.607. The molecule has 2 heterocycles. The van der Waals surface area contributed by atoms with Crippen LogP contribution in [0.3, 0.4) is 0 Å². The van der Waals surface area contributed by atoms with Crippen LogP contribution >= 0.6 is 0 Å². The van der Waals surface area contributed by atoms with Gasteiger partial charge in [0.2, 0.25) is 0 Å². The smallest absolute Gasteiger partial charge is 0.163 e. The lowest BCUT2D eigenvalue weighted by Gasteiger charge is -2.10. The Bertz CT molecular complexity index is 805. The predicted molar refractivity (Wildman–Crippen MR) is 95.1 cm³/mol. The van der Waals surface area contributed by atoms with Gasteiger partial charge in [-0.15, -0.1) is 0 Å². The van der Waals surface area contributed by atoms with Crippen molar-refractivity contribution in [2.45, 2.75) is 20.5 Å². The van der Waals surface area contributed by atoms with Crippen LogP contribution in [0, 0.1) is 6.92 Å². The van der Waals surface area contributed by atoms with Gasteiger partial charge in [-0.25, -0.2) is 9.97 Å². The number of nitrogens with one attached hydrogen (secondary N) is 1. The molecule has 0 aliphatic carbocycles. The van der Waals surface area contributed by atoms with Gasteiger partial charge in [0.15, 0.2) is 5.82 Å². The molecule has 5 heteroatoms. The Labute approximate surface area is 141 Å². The molecule has 122 valence electrons. The third-order valence-electron chi connectivity index (χ3n) is 3.45. The molecule has 0 fully saturated rings. The fourth-order valence-corrected chi connectivity index (χ4v) is 2.36. The summed E-state index contributed by atoms with van der Waals surface area (Å²) < 4.78 is 5.46. The standard InChI is InChI=1S/C19H20N4O/c1-3-24-13-15-6-4-8-17(11-15)22-18-10-14(2)21-19(23-18)16-7-5-9-20-12-16/h4-12H,3,13H2,1-2H3,(H,21,22,23). The minimum Gasteiger partial charge on any atom is -0.377 e. The van der Waals surface area contributed by atoms with Gasteiger partial charge in [-0.3, -0.25) is 4.98 Å². The first kappa shape index (κ1) is 16.1. The monoisotopic (exact) mass is 320 g/mol. The molecule has 0 spiro atoms. The Morgan fingerprint density at radius 1 is 1.08 bits per heavy atom. The van der Waals surface area contributed by atoms with E-state index in [1.807, 2.05) is 50.2 Å². The Hall–Kier alpha value is -2.79. The largest absolute Gasteiger partial charge is 0.377 e. The third kappa shape index (κ3) is 4.14. The van der Waals surface area contributed by atoms with Crippen LogP contribution in [-0.2, 0) is 11.3 Å². The van der Waals surface area contributed by atoms with Gasteiger partial charge in [0.1, 0.15) is 5.82 Å². The van der Waals surface area contributed by atoms with Crippen molar-refractivity contribution < 1.29 is 4.74 Å². The molecule has 0 saturated carbocycles. The first-order chi connectivity index (χ1) is 11.7. The maximum absolute atomic E-state index is 5.46. The molecule has 1 aromatic carbocycles. The van der Waals surface area contributed by atoms with Gasteiger partial charge in [-0.1, -0.05) is 12.1 Å². The SMILES string of the molecule is CCOCc1cccc(Nc2cc(C)nc(-c3cccnc3)n2)c1. The summed E-state index contributed by atoms with van der Waals surface area (Å²) in [5.41, 5.74) is 3.90. The molecule has 3 aromatic rings. The van der Waals surface area contributed by atoms with Crippen molar-refractivity contribution in [3.8, 4) is 11.4 Å². The van der Waals surface area contributed by atoms with Crippen molar-refractivity contribution >= 4 is 11.5 Å². The predicted octanol–water partition coefficient (Wildman–Crippen LogP) is 4.13. The van der Waals surface area contributed by atoms with E-state index in [2.05, 4.69) is 26.3 Å². The third-order valence-corrected chi connectivity index (χ3v) is 3.45. The molecule has 0 unspecified atom stereocenters. The van der Waals surface area contributed by atoms with Gasteiger partial charge >= 0.3 is 0 Å². The topological polar surface area (TPSA) is 59.9 Å². The highest BCUT2D eigenvalue weighted by atomic mass is 16.5. The maximum atomic E-state index is 5.46. The van der Waals surface area contributed by atoms with Crippen molar-refractivity contribution in [3.05, 3.63) is 66.1 Å². The average Bonchev–Trinajstić information content (AvgIpc) is 2.60. The van der Waals surface area contributed by atoms with Crippen molar-refractivity contribution in [3.63, 3.8) is 0 Å². The van der Waals surface area contributed by atoms with Crippen LogP contribution in [-0.4, -0.2) is 21.6 Å². The molecule has 0 saturated heterocycles. The van der Waals surface area contributed by atoms with E-state index in [0.29, 0.717) is 19.0 Å². The molecular weight excluding hydrogens is 300 g/mol. The van der Waals surface area contributed by atoms with Crippen LogP contribution in [0.15, 0.2) is 54.9 Å². The van der Waals surface area contributed by atoms with Crippen molar-refractivity contribution in [1.82, 2.24) is 15.0 Å². The first-order valence-electron chi connectivity index (χ1n) is 7.94. The van der Waals surface area contributed by atoms with Gasteiger partial charge in [-0.2, -0.15) is 0 Å². The fraction of sp³-hybridized carbons (Fsp3) is 0.211. The Kier molecular flexibility index (Phi) is 5.13. The summed E-state index contributed by atoms with van der Waals surface area (Å²) in [7, 11) is 0. The Morgan fingerprint density at radius 3 is 2.79 bits per heavy atom. The van der Waals surface area contributed by atoms with E-state index >= 15 is 0 Å². The summed E-state index contributed by atoms with van der Waals surface area (Å²) in [5, 5.41) is 3.34. The van der Waals surface area contributed by atoms with E-state index in [1.54, 1.807) is 12.4 Å². The number of pyridine rings is 1. The van der Waals surface area contributed by atoms with E-state index < -0.39 is 0 Å². The average molecular weight is 320 g/mol. The second-order valence-electron chi connectivity index (χ2n) is 5.42. The number of benzene rings is 1. The lowest BCUT2D eigenvalue weighted by Crippen LogP contribution is -2.00. The highest BCUT2D eigenvalue weighted by Crippen LogP contribution is 2.21. The molecule has 0 bridgehead atoms. The molecule has 1 N–H and O–H groups in total. The molecule has 0 amide bonds. The minimum absolute atomic E-state index is 0.607. The lowest BCUT2D eigenvalue weighted by molar-refractivity contribution is 0.134. The second kappa shape index (κ2) is 7.66. The summed E-state index contributed by atoms with van der Waals surface area (Å²) in [6.45, 7) is 5.26. The molecule has 0 atom stereocenters. The molecule has 0 aliphatic heterocycles. The molecular formula is C19H20N4O. The van der Waals surface area contributed by atoms with Crippen molar-refractivity contribution in [1.29, 1.82) is 0 Å². The summed E-state index contributed by atoms with van der Waals surface area (Å²) in [6, 6.07) is 13.9. The van der Waals surface area contributed by atoms with Crippen molar-refractivity contribution in [2.75, 3.05) is 11.9 Å². The molecule has 0 radical (unpaired) electrons. The highest BCUT2D eigenvalue weighted by molar-refractivity contribution is 5.61. The van der Waals surface area contributed by atoms with Crippen molar-refractivity contribution in [2.24, 2.45) is 0 Å². The van der Waals surface area contributed by atoms with Crippen LogP contribution in [0.1, 0.15) is 18.2 Å². The van der Waals surface area contributed by atoms with Crippen LogP contribution in [0.4, 0.5) is 11.5 Å².